The zero-order valence-electron chi connectivity index (χ0n) is 10.2. The van der Waals surface area contributed by atoms with Gasteiger partial charge in [-0.1, -0.05) is 0 Å². The summed E-state index contributed by atoms with van der Waals surface area (Å²) >= 11 is 0. The zero-order chi connectivity index (χ0) is 13.9. The molecule has 18 heavy (non-hydrogen) atoms. The number of rotatable bonds is 4. The Morgan fingerprint density at radius 3 is 2.72 bits per heavy atom. The average molecular weight is 254 g/mol. The monoisotopic (exact) mass is 254 g/mol. The highest BCUT2D eigenvalue weighted by molar-refractivity contribution is 5.84. The predicted molar refractivity (Wildman–Crippen MR) is 64.9 cm³/mol. The third kappa shape index (κ3) is 3.03. The van der Waals surface area contributed by atoms with Crippen molar-refractivity contribution in [3.8, 4) is 0 Å². The second-order valence-corrected chi connectivity index (χ2v) is 3.82. The topological polar surface area (TPSA) is 127 Å². The second kappa shape index (κ2) is 5.25. The summed E-state index contributed by atoms with van der Waals surface area (Å²) in [6, 6.07) is -0.659. The number of amides is 1. The van der Waals surface area contributed by atoms with E-state index in [-0.39, 0.29) is 23.4 Å². The van der Waals surface area contributed by atoms with Crippen molar-refractivity contribution in [2.45, 2.75) is 13.0 Å². The first kappa shape index (κ1) is 13.6. The van der Waals surface area contributed by atoms with Gasteiger partial charge in [-0.3, -0.25) is 14.9 Å². The van der Waals surface area contributed by atoms with E-state index in [0.717, 1.165) is 6.20 Å². The van der Waals surface area contributed by atoms with Crippen LogP contribution in [0.4, 0.5) is 17.5 Å². The van der Waals surface area contributed by atoms with E-state index in [1.54, 1.807) is 21.0 Å². The molecule has 0 spiro atoms. The number of hydrogen-bond acceptors (Lipinski definition) is 7. The van der Waals surface area contributed by atoms with Gasteiger partial charge < -0.3 is 16.0 Å². The molecule has 0 radical (unpaired) electrons. The summed E-state index contributed by atoms with van der Waals surface area (Å²) in [7, 11) is 3.17. The molecular formula is C9H14N6O3. The third-order valence-corrected chi connectivity index (χ3v) is 2.15. The Labute approximate surface area is 103 Å². The molecule has 0 aliphatic heterocycles. The molecule has 3 N–H and O–H groups in total. The molecule has 0 aromatic carbocycles. The van der Waals surface area contributed by atoms with Crippen molar-refractivity contribution >= 4 is 23.4 Å². The molecule has 9 heteroatoms. The van der Waals surface area contributed by atoms with Gasteiger partial charge in [-0.2, -0.15) is 4.98 Å². The van der Waals surface area contributed by atoms with Crippen LogP contribution in [0.1, 0.15) is 6.92 Å². The number of aromatic nitrogens is 2. The van der Waals surface area contributed by atoms with Crippen molar-refractivity contribution in [2.75, 3.05) is 25.1 Å². The number of nitro groups is 1. The van der Waals surface area contributed by atoms with E-state index >= 15 is 0 Å². The first-order valence-corrected chi connectivity index (χ1v) is 5.07. The molecule has 98 valence electrons. The maximum atomic E-state index is 11.6. The highest BCUT2D eigenvalue weighted by Gasteiger charge is 2.22. The Hall–Kier alpha value is -2.45. The van der Waals surface area contributed by atoms with Gasteiger partial charge in [0.15, 0.2) is 0 Å². The van der Waals surface area contributed by atoms with Crippen LogP contribution in [-0.4, -0.2) is 45.8 Å². The largest absolute Gasteiger partial charge is 0.368 e. The van der Waals surface area contributed by atoms with Gasteiger partial charge in [-0.05, 0) is 6.92 Å². The highest BCUT2D eigenvalue weighted by Crippen LogP contribution is 2.21. The summed E-state index contributed by atoms with van der Waals surface area (Å²) in [5.41, 5.74) is 5.03. The number of likely N-dealkylation sites (N-methyl/N-ethyl adjacent to an activating group) is 1. The van der Waals surface area contributed by atoms with Crippen LogP contribution in [0.3, 0.4) is 0 Å². The number of hydrogen-bond donors (Lipinski definition) is 2. The normalized spacial score (nSPS) is 11.7. The summed E-state index contributed by atoms with van der Waals surface area (Å²) in [5, 5.41) is 13.4. The van der Waals surface area contributed by atoms with E-state index in [1.165, 1.54) is 4.90 Å². The van der Waals surface area contributed by atoms with Crippen LogP contribution in [0.5, 0.6) is 0 Å². The van der Waals surface area contributed by atoms with E-state index in [1.807, 2.05) is 0 Å². The lowest BCUT2D eigenvalue weighted by atomic mass is 10.3. The molecule has 0 aliphatic rings. The maximum absolute atomic E-state index is 11.6. The van der Waals surface area contributed by atoms with Gasteiger partial charge >= 0.3 is 5.69 Å². The molecule has 0 bridgehead atoms. The Bertz CT molecular complexity index is 475. The number of nitrogen functional groups attached to an aromatic ring is 1. The van der Waals surface area contributed by atoms with Crippen molar-refractivity contribution in [3.63, 3.8) is 0 Å². The second-order valence-electron chi connectivity index (χ2n) is 3.82. The summed E-state index contributed by atoms with van der Waals surface area (Å²) in [6.07, 6.45) is 0.998. The van der Waals surface area contributed by atoms with Crippen LogP contribution in [0, 0.1) is 10.1 Å². The fourth-order valence-corrected chi connectivity index (χ4v) is 1.28. The SMILES string of the molecule is CC(Nc1nc(N)ncc1[N+](=O)[O-])C(=O)N(C)C. The number of carbonyl (C=O) groups excluding carboxylic acids is 1. The van der Waals surface area contributed by atoms with E-state index in [2.05, 4.69) is 15.3 Å². The standard InChI is InChI=1S/C9H14N6O3/c1-5(8(16)14(2)3)12-7-6(15(17)18)4-11-9(10)13-7/h4-5H,1-3H3,(H3,10,11,12,13). The predicted octanol–water partition coefficient (Wildman–Crippen LogP) is -0.144. The lowest BCUT2D eigenvalue weighted by Crippen LogP contribution is -2.37. The lowest BCUT2D eigenvalue weighted by molar-refractivity contribution is -0.384. The summed E-state index contributed by atoms with van der Waals surface area (Å²) < 4.78 is 0. The quantitative estimate of drug-likeness (QED) is 0.565. The molecule has 0 saturated carbocycles. The van der Waals surface area contributed by atoms with E-state index < -0.39 is 11.0 Å². The Balaban J connectivity index is 2.99. The minimum absolute atomic E-state index is 0.0739. The van der Waals surface area contributed by atoms with Crippen LogP contribution in [-0.2, 0) is 4.79 Å². The van der Waals surface area contributed by atoms with Gasteiger partial charge in [0.1, 0.15) is 12.2 Å². The van der Waals surface area contributed by atoms with E-state index in [9.17, 15) is 14.9 Å². The smallest absolute Gasteiger partial charge is 0.329 e. The number of carbonyl (C=O) groups is 1. The van der Waals surface area contributed by atoms with Crippen molar-refractivity contribution < 1.29 is 9.72 Å². The van der Waals surface area contributed by atoms with Gasteiger partial charge in [0.25, 0.3) is 0 Å². The third-order valence-electron chi connectivity index (χ3n) is 2.15. The molecule has 1 aromatic rings. The Morgan fingerprint density at radius 1 is 1.61 bits per heavy atom. The average Bonchev–Trinajstić information content (AvgIpc) is 2.27. The molecule has 1 rings (SSSR count). The van der Waals surface area contributed by atoms with Crippen molar-refractivity contribution in [1.29, 1.82) is 0 Å². The number of anilines is 2. The van der Waals surface area contributed by atoms with Gasteiger partial charge in [0.2, 0.25) is 17.7 Å². The van der Waals surface area contributed by atoms with Crippen molar-refractivity contribution in [3.05, 3.63) is 16.3 Å². The van der Waals surface area contributed by atoms with E-state index in [4.69, 9.17) is 5.73 Å². The van der Waals surface area contributed by atoms with Gasteiger partial charge in [0.05, 0.1) is 4.92 Å². The lowest BCUT2D eigenvalue weighted by Gasteiger charge is -2.18. The highest BCUT2D eigenvalue weighted by atomic mass is 16.6. The molecule has 0 saturated heterocycles. The van der Waals surface area contributed by atoms with Crippen LogP contribution >= 0.6 is 0 Å². The molecular weight excluding hydrogens is 240 g/mol. The molecule has 0 aliphatic carbocycles. The van der Waals surface area contributed by atoms with Gasteiger partial charge in [-0.15, -0.1) is 0 Å². The molecule has 1 aromatic heterocycles. The summed E-state index contributed by atoms with van der Waals surface area (Å²) in [5.74, 6) is -0.413. The molecule has 1 heterocycles. The first-order valence-electron chi connectivity index (χ1n) is 5.07. The first-order chi connectivity index (χ1) is 8.32. The van der Waals surface area contributed by atoms with Crippen molar-refractivity contribution in [1.82, 2.24) is 14.9 Å². The van der Waals surface area contributed by atoms with Crippen LogP contribution in [0.2, 0.25) is 0 Å². The fraction of sp³-hybridized carbons (Fsp3) is 0.444. The Morgan fingerprint density at radius 2 is 2.22 bits per heavy atom. The number of nitrogens with zero attached hydrogens (tertiary/aromatic N) is 4. The fourth-order valence-electron chi connectivity index (χ4n) is 1.28. The summed E-state index contributed by atoms with van der Waals surface area (Å²) in [6.45, 7) is 1.57. The maximum Gasteiger partial charge on any atom is 0.329 e. The molecule has 1 atom stereocenters. The van der Waals surface area contributed by atoms with Crippen LogP contribution in [0.25, 0.3) is 0 Å². The molecule has 1 unspecified atom stereocenters. The minimum atomic E-state index is -0.659. The molecule has 9 nitrogen and oxygen atoms in total. The summed E-state index contributed by atoms with van der Waals surface area (Å²) in [4.78, 5) is 30.4. The minimum Gasteiger partial charge on any atom is -0.368 e. The molecule has 0 fully saturated rings. The van der Waals surface area contributed by atoms with Crippen molar-refractivity contribution in [2.24, 2.45) is 0 Å². The van der Waals surface area contributed by atoms with Crippen LogP contribution in [0.15, 0.2) is 6.20 Å². The van der Waals surface area contributed by atoms with Crippen LogP contribution < -0.4 is 11.1 Å². The zero-order valence-corrected chi connectivity index (χ0v) is 10.2. The number of nitrogens with one attached hydrogen (secondary N) is 1. The van der Waals surface area contributed by atoms with E-state index in [0.29, 0.717) is 0 Å². The molecule has 1 amide bonds. The van der Waals surface area contributed by atoms with Gasteiger partial charge in [0, 0.05) is 14.1 Å². The number of nitrogens with two attached hydrogens (primary N) is 1. The Kier molecular flexibility index (Phi) is 3.97. The van der Waals surface area contributed by atoms with Gasteiger partial charge in [-0.25, -0.2) is 4.98 Å².